The van der Waals surface area contributed by atoms with Crippen LogP contribution in [0.25, 0.3) is 0 Å². The van der Waals surface area contributed by atoms with Gasteiger partial charge in [-0.25, -0.2) is 4.98 Å². The number of pyridine rings is 1. The van der Waals surface area contributed by atoms with Crippen molar-refractivity contribution in [2.24, 2.45) is 10.9 Å². The first-order chi connectivity index (χ1) is 8.31. The summed E-state index contributed by atoms with van der Waals surface area (Å²) in [6, 6.07) is 7.40. The van der Waals surface area contributed by atoms with Crippen LogP contribution in [0.1, 0.15) is 10.6 Å². The van der Waals surface area contributed by atoms with E-state index >= 15 is 0 Å². The molecule has 2 rings (SSSR count). The highest BCUT2D eigenvalue weighted by atomic mass is 32.1. The number of thiophene rings is 1. The second-order valence-electron chi connectivity index (χ2n) is 3.20. The Morgan fingerprint density at radius 1 is 1.47 bits per heavy atom. The maximum Gasteiger partial charge on any atom is 0.192 e. The average molecular weight is 249 g/mol. The van der Waals surface area contributed by atoms with Crippen molar-refractivity contribution in [3.8, 4) is 5.75 Å². The zero-order valence-corrected chi connectivity index (χ0v) is 9.72. The van der Waals surface area contributed by atoms with Gasteiger partial charge < -0.3 is 15.7 Å². The molecule has 0 aliphatic rings. The average Bonchev–Trinajstić information content (AvgIpc) is 2.89. The SMILES string of the molecule is N/C(=N/O)c1ncccc1OCc1cccs1. The first-order valence-electron chi connectivity index (χ1n) is 4.89. The van der Waals surface area contributed by atoms with Crippen LogP contribution in [-0.4, -0.2) is 16.0 Å². The van der Waals surface area contributed by atoms with Gasteiger partial charge in [-0.1, -0.05) is 11.2 Å². The maximum absolute atomic E-state index is 8.63. The molecule has 0 aliphatic heterocycles. The fraction of sp³-hybridized carbons (Fsp3) is 0.0909. The molecule has 0 spiro atoms. The molecule has 0 aliphatic carbocycles. The Labute approximate surface area is 102 Å². The summed E-state index contributed by atoms with van der Waals surface area (Å²) in [6.07, 6.45) is 1.56. The lowest BCUT2D eigenvalue weighted by molar-refractivity contribution is 0.304. The molecular weight excluding hydrogens is 238 g/mol. The number of nitrogens with two attached hydrogens (primary N) is 1. The first-order valence-corrected chi connectivity index (χ1v) is 5.77. The summed E-state index contributed by atoms with van der Waals surface area (Å²) in [7, 11) is 0. The largest absolute Gasteiger partial charge is 0.486 e. The van der Waals surface area contributed by atoms with Gasteiger partial charge in [0.15, 0.2) is 11.5 Å². The van der Waals surface area contributed by atoms with Gasteiger partial charge in [-0.15, -0.1) is 11.3 Å². The van der Waals surface area contributed by atoms with Crippen molar-refractivity contribution in [2.75, 3.05) is 0 Å². The summed E-state index contributed by atoms with van der Waals surface area (Å²) in [5.74, 6) is 0.433. The Morgan fingerprint density at radius 2 is 2.35 bits per heavy atom. The number of ether oxygens (including phenoxy) is 1. The molecule has 2 heterocycles. The van der Waals surface area contributed by atoms with Crippen molar-refractivity contribution in [3.63, 3.8) is 0 Å². The number of hydrogen-bond donors (Lipinski definition) is 2. The maximum atomic E-state index is 8.63. The van der Waals surface area contributed by atoms with Crippen LogP contribution in [0.2, 0.25) is 0 Å². The van der Waals surface area contributed by atoms with Crippen molar-refractivity contribution >= 4 is 17.2 Å². The molecule has 0 atom stereocenters. The molecule has 0 aromatic carbocycles. The predicted molar refractivity (Wildman–Crippen MR) is 65.4 cm³/mol. The zero-order chi connectivity index (χ0) is 12.1. The minimum Gasteiger partial charge on any atom is -0.486 e. The minimum absolute atomic E-state index is 0.0632. The van der Waals surface area contributed by atoms with E-state index in [4.69, 9.17) is 15.7 Å². The smallest absolute Gasteiger partial charge is 0.192 e. The Balaban J connectivity index is 2.15. The van der Waals surface area contributed by atoms with Crippen molar-refractivity contribution in [3.05, 3.63) is 46.4 Å². The van der Waals surface area contributed by atoms with Gasteiger partial charge in [-0.3, -0.25) is 0 Å². The van der Waals surface area contributed by atoms with Crippen LogP contribution in [-0.2, 0) is 6.61 Å². The van der Waals surface area contributed by atoms with Crippen LogP contribution in [0.5, 0.6) is 5.75 Å². The van der Waals surface area contributed by atoms with Crippen LogP contribution in [0.3, 0.4) is 0 Å². The Bertz CT molecular complexity index is 511. The molecule has 3 N–H and O–H groups in total. The highest BCUT2D eigenvalue weighted by Crippen LogP contribution is 2.18. The Kier molecular flexibility index (Phi) is 3.56. The highest BCUT2D eigenvalue weighted by molar-refractivity contribution is 7.09. The number of aromatic nitrogens is 1. The number of amidine groups is 1. The Hall–Kier alpha value is -2.08. The molecule has 0 fully saturated rings. The fourth-order valence-corrected chi connectivity index (χ4v) is 1.91. The molecule has 88 valence electrons. The van der Waals surface area contributed by atoms with E-state index in [1.54, 1.807) is 29.7 Å². The van der Waals surface area contributed by atoms with Crippen molar-refractivity contribution in [2.45, 2.75) is 6.61 Å². The van der Waals surface area contributed by atoms with Crippen molar-refractivity contribution < 1.29 is 9.94 Å². The minimum atomic E-state index is -0.0632. The van der Waals surface area contributed by atoms with Crippen molar-refractivity contribution in [1.29, 1.82) is 0 Å². The summed E-state index contributed by atoms with van der Waals surface area (Å²) < 4.78 is 5.58. The standard InChI is InChI=1S/C11H11N3O2S/c12-11(14-15)10-9(4-1-5-13-10)16-7-8-3-2-6-17-8/h1-6,15H,7H2,(H2,12,14). The topological polar surface area (TPSA) is 80.7 Å². The summed E-state index contributed by atoms with van der Waals surface area (Å²) in [6.45, 7) is 0.440. The van der Waals surface area contributed by atoms with Crippen LogP contribution in [0.15, 0.2) is 41.0 Å². The third-order valence-electron chi connectivity index (χ3n) is 2.07. The second kappa shape index (κ2) is 5.31. The van der Waals surface area contributed by atoms with Crippen LogP contribution in [0.4, 0.5) is 0 Å². The fourth-order valence-electron chi connectivity index (χ4n) is 1.29. The van der Waals surface area contributed by atoms with E-state index in [0.29, 0.717) is 18.1 Å². The van der Waals surface area contributed by atoms with Crippen LogP contribution < -0.4 is 10.5 Å². The molecule has 2 aromatic rings. The van der Waals surface area contributed by atoms with Crippen LogP contribution >= 0.6 is 11.3 Å². The third kappa shape index (κ3) is 2.73. The highest BCUT2D eigenvalue weighted by Gasteiger charge is 2.09. The summed E-state index contributed by atoms with van der Waals surface area (Å²) in [4.78, 5) is 5.11. The molecule has 0 saturated heterocycles. The van der Waals surface area contributed by atoms with Gasteiger partial charge in [0.05, 0.1) is 0 Å². The number of rotatable bonds is 4. The van der Waals surface area contributed by atoms with Gasteiger partial charge in [0.25, 0.3) is 0 Å². The summed E-state index contributed by atoms with van der Waals surface area (Å²) >= 11 is 1.61. The van der Waals surface area contributed by atoms with Crippen LogP contribution in [0, 0.1) is 0 Å². The zero-order valence-electron chi connectivity index (χ0n) is 8.91. The molecule has 0 amide bonds. The van der Waals surface area contributed by atoms with E-state index in [1.807, 2.05) is 17.5 Å². The summed E-state index contributed by atoms with van der Waals surface area (Å²) in [5, 5.41) is 13.5. The number of oxime groups is 1. The summed E-state index contributed by atoms with van der Waals surface area (Å²) in [5.41, 5.74) is 5.84. The lowest BCUT2D eigenvalue weighted by atomic mass is 10.3. The monoisotopic (exact) mass is 249 g/mol. The van der Waals surface area contributed by atoms with Gasteiger partial charge in [0.2, 0.25) is 0 Å². The van der Waals surface area contributed by atoms with E-state index < -0.39 is 0 Å². The lowest BCUT2D eigenvalue weighted by Crippen LogP contribution is -2.16. The van der Waals surface area contributed by atoms with Crippen molar-refractivity contribution in [1.82, 2.24) is 4.98 Å². The van der Waals surface area contributed by atoms with E-state index in [2.05, 4.69) is 10.1 Å². The molecule has 0 bridgehead atoms. The first kappa shape index (κ1) is 11.4. The second-order valence-corrected chi connectivity index (χ2v) is 4.24. The van der Waals surface area contributed by atoms with Gasteiger partial charge in [-0.2, -0.15) is 0 Å². The Morgan fingerprint density at radius 3 is 3.06 bits per heavy atom. The van der Waals surface area contributed by atoms with Gasteiger partial charge in [-0.05, 0) is 23.6 Å². The third-order valence-corrected chi connectivity index (χ3v) is 2.92. The normalized spacial score (nSPS) is 11.4. The molecular formula is C11H11N3O2S. The van der Waals surface area contributed by atoms with Gasteiger partial charge >= 0.3 is 0 Å². The quantitative estimate of drug-likeness (QED) is 0.375. The molecule has 0 radical (unpaired) electrons. The molecule has 17 heavy (non-hydrogen) atoms. The molecule has 6 heteroatoms. The van der Waals surface area contributed by atoms with E-state index in [-0.39, 0.29) is 5.84 Å². The van der Waals surface area contributed by atoms with E-state index in [0.717, 1.165) is 4.88 Å². The molecule has 0 saturated carbocycles. The number of hydrogen-bond acceptors (Lipinski definition) is 5. The molecule has 0 unspecified atom stereocenters. The van der Waals surface area contributed by atoms with Gasteiger partial charge in [0.1, 0.15) is 12.4 Å². The van der Waals surface area contributed by atoms with Gasteiger partial charge in [0, 0.05) is 11.1 Å². The lowest BCUT2D eigenvalue weighted by Gasteiger charge is -2.08. The van der Waals surface area contributed by atoms with E-state index in [1.165, 1.54) is 0 Å². The van der Waals surface area contributed by atoms with E-state index in [9.17, 15) is 0 Å². The molecule has 2 aromatic heterocycles. The molecule has 5 nitrogen and oxygen atoms in total. The predicted octanol–water partition coefficient (Wildman–Crippen LogP) is 1.82. The number of nitrogens with zero attached hydrogens (tertiary/aromatic N) is 2.